The third kappa shape index (κ3) is 4.54. The first-order valence-corrected chi connectivity index (χ1v) is 7.62. The zero-order valence-electron chi connectivity index (χ0n) is 13.8. The Morgan fingerprint density at radius 3 is 2.60 bits per heavy atom. The highest BCUT2D eigenvalue weighted by atomic mass is 16.6. The van der Waals surface area contributed by atoms with Crippen LogP contribution < -0.4 is 0 Å². The molecule has 2 rings (SSSR count). The van der Waals surface area contributed by atoms with Gasteiger partial charge in [-0.1, -0.05) is 6.92 Å². The number of carbonyl (C=O) groups excluding carboxylic acids is 1. The quantitative estimate of drug-likeness (QED) is 0.257. The van der Waals surface area contributed by atoms with E-state index in [2.05, 4.69) is 0 Å². The van der Waals surface area contributed by atoms with Crippen LogP contribution in [0.3, 0.4) is 0 Å². The predicted octanol–water partition coefficient (Wildman–Crippen LogP) is 4.10. The van der Waals surface area contributed by atoms with Gasteiger partial charge in [-0.15, -0.1) is 0 Å². The number of nitrogens with zero attached hydrogens (tertiary/aromatic N) is 2. The van der Waals surface area contributed by atoms with Crippen molar-refractivity contribution in [2.75, 3.05) is 0 Å². The molecule has 7 heteroatoms. The lowest BCUT2D eigenvalue weighted by atomic mass is 10.1. The Balaban J connectivity index is 2.20. The molecule has 2 aromatic rings. The van der Waals surface area contributed by atoms with Gasteiger partial charge in [0.15, 0.2) is 0 Å². The van der Waals surface area contributed by atoms with Gasteiger partial charge in [0.05, 0.1) is 11.0 Å². The lowest BCUT2D eigenvalue weighted by Crippen LogP contribution is -2.15. The van der Waals surface area contributed by atoms with Gasteiger partial charge in [-0.2, -0.15) is 5.26 Å². The molecule has 0 aliphatic carbocycles. The zero-order valence-corrected chi connectivity index (χ0v) is 13.8. The largest absolute Gasteiger partial charge is 0.459 e. The van der Waals surface area contributed by atoms with Crippen LogP contribution in [0.5, 0.6) is 0 Å². The molecular formula is C18H16N2O5. The molecule has 0 fully saturated rings. The molecule has 0 amide bonds. The van der Waals surface area contributed by atoms with Crippen LogP contribution in [0.15, 0.2) is 46.4 Å². The number of nitro groups is 1. The Morgan fingerprint density at radius 2 is 2.04 bits per heavy atom. The topological polar surface area (TPSA) is 106 Å². The molecule has 0 bridgehead atoms. The Hall–Kier alpha value is -3.40. The average Bonchev–Trinajstić information content (AvgIpc) is 3.08. The lowest BCUT2D eigenvalue weighted by molar-refractivity contribution is -0.384. The van der Waals surface area contributed by atoms with Crippen LogP contribution in [0.25, 0.3) is 17.4 Å². The van der Waals surface area contributed by atoms with E-state index < -0.39 is 10.9 Å². The fourth-order valence-corrected chi connectivity index (χ4v) is 1.94. The van der Waals surface area contributed by atoms with Crippen molar-refractivity contribution in [2.24, 2.45) is 0 Å². The van der Waals surface area contributed by atoms with Crippen molar-refractivity contribution in [3.05, 3.63) is 57.8 Å². The third-order valence-electron chi connectivity index (χ3n) is 3.50. The molecule has 1 unspecified atom stereocenters. The minimum atomic E-state index is -0.704. The Bertz CT molecular complexity index is 843. The van der Waals surface area contributed by atoms with Crippen LogP contribution in [-0.2, 0) is 9.53 Å². The Labute approximate surface area is 144 Å². The molecule has 0 saturated heterocycles. The van der Waals surface area contributed by atoms with Crippen LogP contribution in [0.1, 0.15) is 26.0 Å². The normalized spacial score (nSPS) is 12.3. The maximum Gasteiger partial charge on any atom is 0.349 e. The highest BCUT2D eigenvalue weighted by molar-refractivity contribution is 5.97. The van der Waals surface area contributed by atoms with Gasteiger partial charge in [0.25, 0.3) is 5.69 Å². The molecule has 7 nitrogen and oxygen atoms in total. The third-order valence-corrected chi connectivity index (χ3v) is 3.50. The van der Waals surface area contributed by atoms with Gasteiger partial charge in [0.2, 0.25) is 0 Å². The number of carbonyl (C=O) groups is 1. The highest BCUT2D eigenvalue weighted by Gasteiger charge is 2.15. The highest BCUT2D eigenvalue weighted by Crippen LogP contribution is 2.25. The van der Waals surface area contributed by atoms with Gasteiger partial charge in [0.1, 0.15) is 23.2 Å². The molecule has 25 heavy (non-hydrogen) atoms. The fraction of sp³-hybridized carbons (Fsp3) is 0.222. The first kappa shape index (κ1) is 17.9. The molecule has 0 spiro atoms. The summed E-state index contributed by atoms with van der Waals surface area (Å²) in [6, 6.07) is 10.9. The summed E-state index contributed by atoms with van der Waals surface area (Å²) in [6.07, 6.45) is 1.67. The minimum Gasteiger partial charge on any atom is -0.459 e. The van der Waals surface area contributed by atoms with Crippen molar-refractivity contribution in [1.29, 1.82) is 5.26 Å². The molecule has 1 aromatic carbocycles. The Kier molecular flexibility index (Phi) is 5.69. The predicted molar refractivity (Wildman–Crippen MR) is 90.2 cm³/mol. The lowest BCUT2D eigenvalue weighted by Gasteiger charge is -2.09. The van der Waals surface area contributed by atoms with Gasteiger partial charge in [-0.05, 0) is 37.6 Å². The van der Waals surface area contributed by atoms with E-state index in [4.69, 9.17) is 14.4 Å². The molecule has 1 heterocycles. The van der Waals surface area contributed by atoms with Crippen LogP contribution in [-0.4, -0.2) is 17.0 Å². The second-order valence-electron chi connectivity index (χ2n) is 5.30. The maximum absolute atomic E-state index is 11.9. The number of furan rings is 1. The van der Waals surface area contributed by atoms with Crippen LogP contribution in [0, 0.1) is 21.4 Å². The molecule has 1 atom stereocenters. The summed E-state index contributed by atoms with van der Waals surface area (Å²) in [5.74, 6) is 0.0740. The van der Waals surface area contributed by atoms with Crippen molar-refractivity contribution in [2.45, 2.75) is 26.4 Å². The number of benzene rings is 1. The molecule has 0 aliphatic heterocycles. The molecule has 0 saturated carbocycles. The summed E-state index contributed by atoms with van der Waals surface area (Å²) in [4.78, 5) is 22.1. The smallest absolute Gasteiger partial charge is 0.349 e. The molecular weight excluding hydrogens is 324 g/mol. The van der Waals surface area contributed by atoms with Crippen LogP contribution >= 0.6 is 0 Å². The number of nitriles is 1. The standard InChI is InChI=1S/C18H16N2O5/c1-3-12(2)24-18(21)14(11-19)10-16-8-9-17(25-16)13-4-6-15(7-5-13)20(22)23/h4-10,12H,3H2,1-2H3/b14-10+. The van der Waals surface area contributed by atoms with Gasteiger partial charge < -0.3 is 9.15 Å². The summed E-state index contributed by atoms with van der Waals surface area (Å²) >= 11 is 0. The van der Waals surface area contributed by atoms with Crippen molar-refractivity contribution in [3.8, 4) is 17.4 Å². The number of ether oxygens (including phenoxy) is 1. The summed E-state index contributed by atoms with van der Waals surface area (Å²) in [5.41, 5.74) is 0.464. The van der Waals surface area contributed by atoms with Crippen molar-refractivity contribution < 1.29 is 18.9 Å². The molecule has 1 aromatic heterocycles. The SMILES string of the molecule is CCC(C)OC(=O)/C(C#N)=C/c1ccc(-c2ccc([N+](=O)[O-])cc2)o1. The summed E-state index contributed by atoms with van der Waals surface area (Å²) in [6.45, 7) is 3.61. The van der Waals surface area contributed by atoms with E-state index in [1.807, 2.05) is 6.92 Å². The van der Waals surface area contributed by atoms with Gasteiger partial charge in [-0.25, -0.2) is 4.79 Å². The molecule has 0 N–H and O–H groups in total. The number of hydrogen-bond acceptors (Lipinski definition) is 6. The second kappa shape index (κ2) is 7.93. The average molecular weight is 340 g/mol. The van der Waals surface area contributed by atoms with E-state index in [1.165, 1.54) is 18.2 Å². The number of non-ortho nitro benzene ring substituents is 1. The first-order chi connectivity index (χ1) is 11.9. The van der Waals surface area contributed by atoms with Crippen molar-refractivity contribution in [3.63, 3.8) is 0 Å². The molecule has 0 radical (unpaired) electrons. The number of hydrogen-bond donors (Lipinski definition) is 0. The summed E-state index contributed by atoms with van der Waals surface area (Å²) in [5, 5.41) is 19.8. The molecule has 0 aliphatic rings. The molecule has 128 valence electrons. The van der Waals surface area contributed by atoms with Gasteiger partial charge >= 0.3 is 5.97 Å². The zero-order chi connectivity index (χ0) is 18.4. The summed E-state index contributed by atoms with van der Waals surface area (Å²) < 4.78 is 10.7. The maximum atomic E-state index is 11.9. The first-order valence-electron chi connectivity index (χ1n) is 7.62. The van der Waals surface area contributed by atoms with Crippen molar-refractivity contribution in [1.82, 2.24) is 0 Å². The van der Waals surface area contributed by atoms with Gasteiger partial charge in [0, 0.05) is 23.8 Å². The van der Waals surface area contributed by atoms with E-state index in [9.17, 15) is 14.9 Å². The van der Waals surface area contributed by atoms with Crippen LogP contribution in [0.4, 0.5) is 5.69 Å². The second-order valence-corrected chi connectivity index (χ2v) is 5.30. The fourth-order valence-electron chi connectivity index (χ4n) is 1.94. The number of nitro benzene ring substituents is 1. The van der Waals surface area contributed by atoms with Gasteiger partial charge in [-0.3, -0.25) is 10.1 Å². The number of rotatable bonds is 6. The van der Waals surface area contributed by atoms with E-state index in [0.29, 0.717) is 23.5 Å². The van der Waals surface area contributed by atoms with Crippen molar-refractivity contribution >= 4 is 17.7 Å². The summed E-state index contributed by atoms with van der Waals surface area (Å²) in [7, 11) is 0. The van der Waals surface area contributed by atoms with E-state index in [-0.39, 0.29) is 17.4 Å². The van der Waals surface area contributed by atoms with E-state index in [1.54, 1.807) is 37.3 Å². The van der Waals surface area contributed by atoms with E-state index >= 15 is 0 Å². The van der Waals surface area contributed by atoms with E-state index in [0.717, 1.165) is 0 Å². The van der Waals surface area contributed by atoms with Crippen LogP contribution in [0.2, 0.25) is 0 Å². The monoisotopic (exact) mass is 340 g/mol. The number of esters is 1. The Morgan fingerprint density at radius 1 is 1.36 bits per heavy atom. The minimum absolute atomic E-state index is 0.0185.